The van der Waals surface area contributed by atoms with E-state index in [1.807, 2.05) is 31.2 Å². The van der Waals surface area contributed by atoms with Gasteiger partial charge in [0.2, 0.25) is 0 Å². The molecule has 4 aromatic rings. The minimum absolute atomic E-state index is 0.0298. The second-order valence-electron chi connectivity index (χ2n) is 10.2. The zero-order valence-corrected chi connectivity index (χ0v) is 25.8. The first-order valence-electron chi connectivity index (χ1n) is 14.3. The summed E-state index contributed by atoms with van der Waals surface area (Å²) >= 11 is 1.31. The van der Waals surface area contributed by atoms with Crippen LogP contribution in [0.3, 0.4) is 0 Å². The van der Waals surface area contributed by atoms with Crippen LogP contribution in [-0.2, 0) is 6.42 Å². The molecular formula is C34H34O10S. The van der Waals surface area contributed by atoms with Crippen LogP contribution in [0.4, 0.5) is 4.79 Å². The number of rotatable bonds is 14. The van der Waals surface area contributed by atoms with Crippen molar-refractivity contribution in [2.45, 2.75) is 56.3 Å². The number of carbonyl (C=O) groups excluding carboxylic acids is 1. The third-order valence-corrected chi connectivity index (χ3v) is 7.96. The lowest BCUT2D eigenvalue weighted by Gasteiger charge is -2.18. The standard InChI is InChI=1S/C34H34O10S/c1-4-9-26-28(14-13-24(21(3)35)33(26)38)41-15-8-6-5-7-10-30(32(37)22-16-20(2)42-19-22)45-23-11-12-25-27(36)18-31(44-34(39)40)43-29(25)17-23/h5-7,10-14,16-19,30,32,37-38H,4,8-9,15H2,1-3H3,(H,39,40)/b6-5-,10-7+/t30-,32+/m0/s1. The van der Waals surface area contributed by atoms with Gasteiger partial charge in [0.15, 0.2) is 11.2 Å². The van der Waals surface area contributed by atoms with Gasteiger partial charge in [0.25, 0.3) is 5.95 Å². The largest absolute Gasteiger partial charge is 0.513 e. The number of Topliss-reactive ketones (excluding diaryl/α,β-unsaturated/α-hetero) is 1. The Hall–Kier alpha value is -4.74. The summed E-state index contributed by atoms with van der Waals surface area (Å²) in [6.07, 6.45) is 8.27. The number of hydrogen-bond acceptors (Lipinski definition) is 10. The fraction of sp³-hybridized carbons (Fsp3) is 0.265. The molecule has 0 amide bonds. The summed E-state index contributed by atoms with van der Waals surface area (Å²) in [5.74, 6) is 0.529. The van der Waals surface area contributed by atoms with Gasteiger partial charge in [0.05, 0.1) is 41.2 Å². The maximum atomic E-state index is 12.4. The fourth-order valence-corrected chi connectivity index (χ4v) is 5.70. The molecule has 0 radical (unpaired) electrons. The average Bonchev–Trinajstić information content (AvgIpc) is 3.42. The number of benzene rings is 2. The van der Waals surface area contributed by atoms with E-state index in [1.165, 1.54) is 24.9 Å². The van der Waals surface area contributed by atoms with E-state index in [0.29, 0.717) is 47.0 Å². The van der Waals surface area contributed by atoms with Crippen LogP contribution in [0.15, 0.2) is 91.6 Å². The highest BCUT2D eigenvalue weighted by atomic mass is 32.2. The molecule has 10 nitrogen and oxygen atoms in total. The minimum atomic E-state index is -1.60. The Morgan fingerprint density at radius 3 is 2.60 bits per heavy atom. The van der Waals surface area contributed by atoms with Gasteiger partial charge in [-0.15, -0.1) is 11.8 Å². The van der Waals surface area contributed by atoms with E-state index in [1.54, 1.807) is 43.3 Å². The lowest BCUT2D eigenvalue weighted by atomic mass is 10.0. The van der Waals surface area contributed by atoms with E-state index >= 15 is 0 Å². The predicted molar refractivity (Wildman–Crippen MR) is 170 cm³/mol. The van der Waals surface area contributed by atoms with Crippen LogP contribution in [-0.4, -0.2) is 39.1 Å². The third-order valence-electron chi connectivity index (χ3n) is 6.75. The zero-order chi connectivity index (χ0) is 32.5. The summed E-state index contributed by atoms with van der Waals surface area (Å²) in [6, 6.07) is 10.9. The second-order valence-corrected chi connectivity index (χ2v) is 11.4. The third kappa shape index (κ3) is 8.68. The first-order chi connectivity index (χ1) is 21.6. The molecule has 0 aliphatic carbocycles. The van der Waals surface area contributed by atoms with Gasteiger partial charge in [-0.1, -0.05) is 37.6 Å². The number of phenols is 1. The lowest BCUT2D eigenvalue weighted by molar-refractivity contribution is 0.101. The minimum Gasteiger partial charge on any atom is -0.507 e. The van der Waals surface area contributed by atoms with Gasteiger partial charge >= 0.3 is 6.16 Å². The molecule has 0 aliphatic rings. The van der Waals surface area contributed by atoms with Crippen molar-refractivity contribution in [3.8, 4) is 17.4 Å². The number of aromatic hydroxyl groups is 1. The Kier molecular flexibility index (Phi) is 11.3. The maximum absolute atomic E-state index is 12.4. The Balaban J connectivity index is 1.47. The van der Waals surface area contributed by atoms with Gasteiger partial charge in [-0.25, -0.2) is 4.79 Å². The molecule has 2 aromatic carbocycles. The van der Waals surface area contributed by atoms with Crippen molar-refractivity contribution in [1.29, 1.82) is 0 Å². The summed E-state index contributed by atoms with van der Waals surface area (Å²) in [5, 5.41) is 30.4. The highest BCUT2D eigenvalue weighted by Crippen LogP contribution is 2.36. The van der Waals surface area contributed by atoms with E-state index in [0.717, 1.165) is 12.5 Å². The number of fused-ring (bicyclic) bond motifs is 1. The average molecular weight is 635 g/mol. The van der Waals surface area contributed by atoms with Crippen molar-refractivity contribution in [3.05, 3.63) is 106 Å². The van der Waals surface area contributed by atoms with E-state index in [-0.39, 0.29) is 28.1 Å². The second kappa shape index (κ2) is 15.3. The van der Waals surface area contributed by atoms with Crippen LogP contribution in [0.2, 0.25) is 0 Å². The summed E-state index contributed by atoms with van der Waals surface area (Å²) in [5.41, 5.74) is 1.19. The van der Waals surface area contributed by atoms with Gasteiger partial charge in [0.1, 0.15) is 22.8 Å². The van der Waals surface area contributed by atoms with Crippen molar-refractivity contribution in [1.82, 2.24) is 0 Å². The van der Waals surface area contributed by atoms with Gasteiger partial charge in [-0.2, -0.15) is 0 Å². The van der Waals surface area contributed by atoms with Gasteiger partial charge < -0.3 is 33.6 Å². The molecule has 4 rings (SSSR count). The Bertz CT molecular complexity index is 1780. The van der Waals surface area contributed by atoms with E-state index < -0.39 is 28.9 Å². The first kappa shape index (κ1) is 33.2. The van der Waals surface area contributed by atoms with E-state index in [2.05, 4.69) is 4.74 Å². The summed E-state index contributed by atoms with van der Waals surface area (Å²) in [4.78, 5) is 35.8. The number of carboxylic acid groups (broad SMARTS) is 1. The number of carbonyl (C=O) groups is 2. The number of aliphatic hydroxyl groups excluding tert-OH is 1. The topological polar surface area (TPSA) is 157 Å². The molecule has 0 saturated heterocycles. The SMILES string of the molecule is CCCc1c(OCC/C=C\C=C\[C@H](Sc2ccc3c(=O)cc(OC(=O)O)oc3c2)[C@H](O)c2coc(C)c2)ccc(C(C)=O)c1O. The smallest absolute Gasteiger partial charge is 0.507 e. The highest BCUT2D eigenvalue weighted by molar-refractivity contribution is 8.00. The molecule has 0 fully saturated rings. The van der Waals surface area contributed by atoms with Crippen LogP contribution in [0.5, 0.6) is 17.4 Å². The molecule has 2 heterocycles. The van der Waals surface area contributed by atoms with Gasteiger partial charge in [-0.05, 0) is 63.1 Å². The predicted octanol–water partition coefficient (Wildman–Crippen LogP) is 7.39. The quantitative estimate of drug-likeness (QED) is 0.0418. The Morgan fingerprint density at radius 2 is 1.91 bits per heavy atom. The number of aryl methyl sites for hydroxylation is 1. The van der Waals surface area contributed by atoms with Crippen LogP contribution < -0.4 is 14.9 Å². The van der Waals surface area contributed by atoms with E-state index in [4.69, 9.17) is 18.7 Å². The fourth-order valence-electron chi connectivity index (χ4n) is 4.61. The molecule has 2 aromatic heterocycles. The maximum Gasteiger partial charge on any atom is 0.513 e. The van der Waals surface area contributed by atoms with Crippen molar-refractivity contribution in [2.24, 2.45) is 0 Å². The van der Waals surface area contributed by atoms with E-state index in [9.17, 15) is 24.6 Å². The number of furan rings is 1. The molecule has 45 heavy (non-hydrogen) atoms. The van der Waals surface area contributed by atoms with Crippen LogP contribution in [0.25, 0.3) is 11.0 Å². The number of ether oxygens (including phenoxy) is 2. The molecule has 2 atom stereocenters. The first-order valence-corrected chi connectivity index (χ1v) is 15.2. The van der Waals surface area contributed by atoms with Crippen molar-refractivity contribution >= 4 is 34.7 Å². The molecule has 0 bridgehead atoms. The number of thioether (sulfide) groups is 1. The molecule has 236 valence electrons. The lowest BCUT2D eigenvalue weighted by Crippen LogP contribution is -2.12. The van der Waals surface area contributed by atoms with Gasteiger partial charge in [0, 0.05) is 16.0 Å². The monoisotopic (exact) mass is 634 g/mol. The molecule has 11 heteroatoms. The van der Waals surface area contributed by atoms with Crippen LogP contribution >= 0.6 is 11.8 Å². The summed E-state index contributed by atoms with van der Waals surface area (Å²) in [7, 11) is 0. The van der Waals surface area contributed by atoms with Crippen LogP contribution in [0.1, 0.15) is 60.0 Å². The summed E-state index contributed by atoms with van der Waals surface area (Å²) in [6.45, 7) is 5.54. The molecule has 0 spiro atoms. The molecule has 0 saturated carbocycles. The molecule has 3 N–H and O–H groups in total. The molecule has 0 unspecified atom stereocenters. The normalized spacial score (nSPS) is 13.0. The number of hydrogen-bond donors (Lipinski definition) is 3. The van der Waals surface area contributed by atoms with Crippen molar-refractivity contribution in [2.75, 3.05) is 6.61 Å². The highest BCUT2D eigenvalue weighted by Gasteiger charge is 2.22. The number of allylic oxidation sites excluding steroid dienone is 2. The number of ketones is 1. The number of phenolic OH excluding ortho intramolecular Hbond substituents is 1. The zero-order valence-electron chi connectivity index (χ0n) is 25.0. The number of aliphatic hydroxyl groups is 1. The van der Waals surface area contributed by atoms with Gasteiger partial charge in [-0.3, -0.25) is 9.59 Å². The Morgan fingerprint density at radius 1 is 1.11 bits per heavy atom. The Labute approximate surface area is 263 Å². The van der Waals surface area contributed by atoms with Crippen LogP contribution in [0, 0.1) is 6.92 Å². The molecular weight excluding hydrogens is 600 g/mol. The molecule has 0 aliphatic heterocycles. The van der Waals surface area contributed by atoms with Crippen molar-refractivity contribution in [3.63, 3.8) is 0 Å². The summed E-state index contributed by atoms with van der Waals surface area (Å²) < 4.78 is 21.3. The van der Waals surface area contributed by atoms with Crippen molar-refractivity contribution < 1.29 is 43.2 Å².